The molecule has 0 aliphatic rings. The van der Waals surface area contributed by atoms with Gasteiger partial charge in [-0.15, -0.1) is 0 Å². The first-order valence-corrected chi connectivity index (χ1v) is 5.10. The molecule has 0 aliphatic heterocycles. The molecule has 0 saturated heterocycles. The number of likely N-dealkylation sites (N-methyl/N-ethyl adjacent to an activating group) is 2. The molecule has 0 atom stereocenters. The zero-order valence-corrected chi connectivity index (χ0v) is 9.21. The minimum atomic E-state index is 0.951. The summed E-state index contributed by atoms with van der Waals surface area (Å²) in [4.78, 5) is 4.23. The van der Waals surface area contributed by atoms with E-state index in [1.165, 1.54) is 32.1 Å². The Morgan fingerprint density at radius 1 is 1.08 bits per heavy atom. The molecule has 0 aromatic heterocycles. The molecule has 0 saturated carbocycles. The van der Waals surface area contributed by atoms with Crippen LogP contribution in [0.25, 0.3) is 0 Å². The maximum atomic E-state index is 7.00. The van der Waals surface area contributed by atoms with Crippen LogP contribution in [0.5, 0.6) is 0 Å². The predicted molar refractivity (Wildman–Crippen MR) is 58.4 cm³/mol. The topological polar surface area (TPSA) is 30.3 Å². The summed E-state index contributed by atoms with van der Waals surface area (Å²) in [5, 5.41) is 7.00. The first kappa shape index (κ1) is 12.4. The normalized spacial score (nSPS) is 10.5. The lowest BCUT2D eigenvalue weighted by atomic mass is 10.2. The van der Waals surface area contributed by atoms with E-state index in [0.29, 0.717) is 0 Å². The van der Waals surface area contributed by atoms with Crippen LogP contribution in [-0.2, 0) is 0 Å². The Hall–Kier alpha value is -0.570. The van der Waals surface area contributed by atoms with E-state index in [-0.39, 0.29) is 0 Å². The maximum Gasteiger partial charge on any atom is 0.0815 e. The Balaban J connectivity index is 3.29. The molecular formula is C10H23N3. The summed E-state index contributed by atoms with van der Waals surface area (Å²) in [7, 11) is 4.08. The molecule has 0 bridgehead atoms. The number of nitrogens with zero attached hydrogens (tertiary/aromatic N) is 2. The van der Waals surface area contributed by atoms with Crippen molar-refractivity contribution in [3.05, 3.63) is 0 Å². The van der Waals surface area contributed by atoms with E-state index in [0.717, 1.165) is 13.1 Å². The molecule has 0 amide bonds. The molecule has 0 heterocycles. The largest absolute Gasteiger partial charge is 0.365 e. The van der Waals surface area contributed by atoms with Crippen LogP contribution in [0.4, 0.5) is 0 Å². The molecule has 13 heavy (non-hydrogen) atoms. The van der Waals surface area contributed by atoms with Gasteiger partial charge >= 0.3 is 0 Å². The molecule has 0 radical (unpaired) electrons. The molecule has 0 fully saturated rings. The monoisotopic (exact) mass is 185 g/mol. The van der Waals surface area contributed by atoms with Crippen molar-refractivity contribution in [1.82, 2.24) is 9.80 Å². The predicted octanol–water partition coefficient (Wildman–Crippen LogP) is 1.65. The summed E-state index contributed by atoms with van der Waals surface area (Å²) in [6, 6.07) is 0. The molecule has 0 aromatic rings. The van der Waals surface area contributed by atoms with Crippen LogP contribution in [0.2, 0.25) is 0 Å². The van der Waals surface area contributed by atoms with Crippen LogP contribution in [-0.4, -0.2) is 49.9 Å². The number of hydrogen-bond donors (Lipinski definition) is 1. The highest BCUT2D eigenvalue weighted by Gasteiger charge is 1.98. The Bertz CT molecular complexity index is 125. The van der Waals surface area contributed by atoms with Gasteiger partial charge in [-0.3, -0.25) is 5.41 Å². The molecule has 0 aromatic carbocycles. The highest BCUT2D eigenvalue weighted by molar-refractivity contribution is 5.49. The lowest BCUT2D eigenvalue weighted by molar-refractivity contribution is 0.300. The summed E-state index contributed by atoms with van der Waals surface area (Å²) < 4.78 is 0. The number of hydrogen-bond acceptors (Lipinski definition) is 2. The Morgan fingerprint density at radius 2 is 1.77 bits per heavy atom. The average molecular weight is 185 g/mol. The van der Waals surface area contributed by atoms with Crippen molar-refractivity contribution in [3.8, 4) is 0 Å². The standard InChI is InChI=1S/C10H23N3/c1-4-5-6-7-12(2)8-9-13(3)10-11/h10-11H,4-9H2,1-3H3. The van der Waals surface area contributed by atoms with Crippen LogP contribution in [0, 0.1) is 5.41 Å². The Kier molecular flexibility index (Phi) is 7.69. The smallest absolute Gasteiger partial charge is 0.0815 e. The van der Waals surface area contributed by atoms with Gasteiger partial charge < -0.3 is 9.80 Å². The van der Waals surface area contributed by atoms with E-state index >= 15 is 0 Å². The van der Waals surface area contributed by atoms with Crippen molar-refractivity contribution in [2.24, 2.45) is 0 Å². The second-order valence-corrected chi connectivity index (χ2v) is 3.62. The van der Waals surface area contributed by atoms with Gasteiger partial charge in [0.05, 0.1) is 6.34 Å². The zero-order valence-electron chi connectivity index (χ0n) is 9.21. The van der Waals surface area contributed by atoms with Crippen LogP contribution >= 0.6 is 0 Å². The number of rotatable bonds is 8. The van der Waals surface area contributed by atoms with E-state index in [4.69, 9.17) is 5.41 Å². The highest BCUT2D eigenvalue weighted by Crippen LogP contribution is 1.95. The molecular weight excluding hydrogens is 162 g/mol. The van der Waals surface area contributed by atoms with E-state index in [2.05, 4.69) is 18.9 Å². The summed E-state index contributed by atoms with van der Waals surface area (Å²) >= 11 is 0. The lowest BCUT2D eigenvalue weighted by Gasteiger charge is -2.19. The van der Waals surface area contributed by atoms with Crippen molar-refractivity contribution in [2.75, 3.05) is 33.7 Å². The van der Waals surface area contributed by atoms with Gasteiger partial charge in [-0.05, 0) is 20.0 Å². The highest BCUT2D eigenvalue weighted by atomic mass is 15.2. The van der Waals surface area contributed by atoms with Crippen LogP contribution in [0.15, 0.2) is 0 Å². The fourth-order valence-electron chi connectivity index (χ4n) is 1.14. The molecule has 0 rings (SSSR count). The molecule has 3 heteroatoms. The third-order valence-electron chi connectivity index (χ3n) is 2.20. The van der Waals surface area contributed by atoms with Crippen LogP contribution < -0.4 is 0 Å². The van der Waals surface area contributed by atoms with E-state index in [9.17, 15) is 0 Å². The van der Waals surface area contributed by atoms with Gasteiger partial charge in [-0.2, -0.15) is 0 Å². The van der Waals surface area contributed by atoms with Crippen LogP contribution in [0.1, 0.15) is 26.2 Å². The van der Waals surface area contributed by atoms with Gasteiger partial charge in [0.15, 0.2) is 0 Å². The minimum absolute atomic E-state index is 0.951. The third-order valence-corrected chi connectivity index (χ3v) is 2.20. The summed E-state index contributed by atoms with van der Waals surface area (Å²) in [6.07, 6.45) is 5.28. The first-order chi connectivity index (χ1) is 6.20. The summed E-state index contributed by atoms with van der Waals surface area (Å²) in [6.45, 7) is 5.41. The fourth-order valence-corrected chi connectivity index (χ4v) is 1.14. The number of nitrogens with one attached hydrogen (secondary N) is 1. The Labute approximate surface area is 82.2 Å². The van der Waals surface area contributed by atoms with Crippen LogP contribution in [0.3, 0.4) is 0 Å². The second kappa shape index (κ2) is 8.05. The molecule has 3 nitrogen and oxygen atoms in total. The fraction of sp³-hybridized carbons (Fsp3) is 0.900. The summed E-state index contributed by atoms with van der Waals surface area (Å²) in [5.41, 5.74) is 0. The van der Waals surface area contributed by atoms with Gasteiger partial charge in [0.25, 0.3) is 0 Å². The van der Waals surface area contributed by atoms with Crippen molar-refractivity contribution < 1.29 is 0 Å². The molecule has 1 N–H and O–H groups in total. The van der Waals surface area contributed by atoms with Crippen molar-refractivity contribution in [2.45, 2.75) is 26.2 Å². The van der Waals surface area contributed by atoms with E-state index in [1.54, 1.807) is 0 Å². The van der Waals surface area contributed by atoms with Crippen molar-refractivity contribution in [1.29, 1.82) is 5.41 Å². The van der Waals surface area contributed by atoms with Gasteiger partial charge in [-0.25, -0.2) is 0 Å². The maximum absolute atomic E-state index is 7.00. The summed E-state index contributed by atoms with van der Waals surface area (Å²) in [5.74, 6) is 0. The molecule has 0 aliphatic carbocycles. The first-order valence-electron chi connectivity index (χ1n) is 5.10. The van der Waals surface area contributed by atoms with E-state index in [1.807, 2.05) is 11.9 Å². The second-order valence-electron chi connectivity index (χ2n) is 3.62. The molecule has 0 spiro atoms. The molecule has 78 valence electrons. The minimum Gasteiger partial charge on any atom is -0.365 e. The quantitative estimate of drug-likeness (QED) is 0.354. The van der Waals surface area contributed by atoms with Gasteiger partial charge in [0.2, 0.25) is 0 Å². The molecule has 0 unspecified atom stereocenters. The number of unbranched alkanes of at least 4 members (excludes halogenated alkanes) is 2. The van der Waals surface area contributed by atoms with Crippen molar-refractivity contribution in [3.63, 3.8) is 0 Å². The van der Waals surface area contributed by atoms with Gasteiger partial charge in [0, 0.05) is 20.1 Å². The lowest BCUT2D eigenvalue weighted by Crippen LogP contribution is -2.30. The third kappa shape index (κ3) is 7.78. The van der Waals surface area contributed by atoms with Crippen molar-refractivity contribution >= 4 is 6.34 Å². The Morgan fingerprint density at radius 3 is 2.31 bits per heavy atom. The van der Waals surface area contributed by atoms with Gasteiger partial charge in [0.1, 0.15) is 0 Å². The van der Waals surface area contributed by atoms with Gasteiger partial charge in [-0.1, -0.05) is 19.8 Å². The average Bonchev–Trinajstić information content (AvgIpc) is 2.14. The SMILES string of the molecule is CCCCCN(C)CCN(C)C=N. The van der Waals surface area contributed by atoms with E-state index < -0.39 is 0 Å². The zero-order chi connectivity index (χ0) is 10.1.